The number of fused-ring (bicyclic) bond motifs is 1. The first-order valence-corrected chi connectivity index (χ1v) is 11.1. The summed E-state index contributed by atoms with van der Waals surface area (Å²) < 4.78 is 21.9. The van der Waals surface area contributed by atoms with E-state index in [-0.39, 0.29) is 13.0 Å². The molecular formula is C21H34O12. The van der Waals surface area contributed by atoms with Gasteiger partial charge in [-0.3, -0.25) is 4.79 Å². The Hall–Kier alpha value is -1.35. The van der Waals surface area contributed by atoms with Crippen molar-refractivity contribution in [1.29, 1.82) is 0 Å². The lowest BCUT2D eigenvalue weighted by molar-refractivity contribution is -0.299. The molecule has 190 valence electrons. The summed E-state index contributed by atoms with van der Waals surface area (Å²) in [5, 5.41) is 70.5. The van der Waals surface area contributed by atoms with Crippen molar-refractivity contribution in [2.45, 2.75) is 75.4 Å². The minimum absolute atomic E-state index is 0.0202. The standard InChI is InChI=1S/C21H34O12/c1-3-9(2)18(28)33-19-14-11(4-13(24)21(14,29)8-23)10(6-30-19)7-31-20-17(27)16(26)15(25)12(5-22)32-20/h6,9,11-17,19-20,22-27,29H,3-5,7-8H2,1-2H3/t9-,11-,12-,13+,14-,15-,16+,17-,19+,20-,21-/m1/s1. The molecule has 0 amide bonds. The molecular weight excluding hydrogens is 444 g/mol. The van der Waals surface area contributed by atoms with E-state index in [1.54, 1.807) is 6.92 Å². The number of ether oxygens (including phenoxy) is 4. The number of aliphatic hydroxyl groups excluding tert-OH is 6. The maximum atomic E-state index is 12.3. The number of aliphatic hydroxyl groups is 7. The molecule has 0 unspecified atom stereocenters. The fraction of sp³-hybridized carbons (Fsp3) is 0.857. The van der Waals surface area contributed by atoms with E-state index in [9.17, 15) is 40.5 Å². The number of hydrogen-bond acceptors (Lipinski definition) is 12. The maximum absolute atomic E-state index is 12.3. The van der Waals surface area contributed by atoms with Gasteiger partial charge < -0.3 is 54.7 Å². The first-order valence-electron chi connectivity index (χ1n) is 11.1. The van der Waals surface area contributed by atoms with Gasteiger partial charge in [-0.15, -0.1) is 0 Å². The number of hydrogen-bond donors (Lipinski definition) is 7. The summed E-state index contributed by atoms with van der Waals surface area (Å²) in [5.41, 5.74) is -1.57. The third-order valence-electron chi connectivity index (χ3n) is 6.95. The summed E-state index contributed by atoms with van der Waals surface area (Å²) in [6, 6.07) is 0. The minimum atomic E-state index is -1.99. The highest BCUT2D eigenvalue weighted by atomic mass is 16.7. The van der Waals surface area contributed by atoms with Crippen molar-refractivity contribution in [3.05, 3.63) is 11.8 Å². The average molecular weight is 478 g/mol. The van der Waals surface area contributed by atoms with E-state index < -0.39 is 85.6 Å². The fourth-order valence-corrected chi connectivity index (χ4v) is 4.53. The number of carbonyl (C=O) groups is 1. The van der Waals surface area contributed by atoms with Crippen molar-refractivity contribution >= 4 is 5.97 Å². The topological polar surface area (TPSA) is 196 Å². The van der Waals surface area contributed by atoms with Crippen LogP contribution in [0.2, 0.25) is 0 Å². The molecule has 7 N–H and O–H groups in total. The summed E-state index contributed by atoms with van der Waals surface area (Å²) in [5.74, 6) is -2.56. The van der Waals surface area contributed by atoms with Crippen LogP contribution in [0.4, 0.5) is 0 Å². The fourth-order valence-electron chi connectivity index (χ4n) is 4.53. The van der Waals surface area contributed by atoms with Crippen molar-refractivity contribution in [3.8, 4) is 0 Å². The summed E-state index contributed by atoms with van der Waals surface area (Å²) in [4.78, 5) is 12.3. The Morgan fingerprint density at radius 3 is 2.48 bits per heavy atom. The second-order valence-electron chi connectivity index (χ2n) is 8.98. The molecule has 3 rings (SSSR count). The summed E-state index contributed by atoms with van der Waals surface area (Å²) in [7, 11) is 0. The molecule has 3 aliphatic rings. The Morgan fingerprint density at radius 1 is 1.18 bits per heavy atom. The number of rotatable bonds is 8. The van der Waals surface area contributed by atoms with Crippen LogP contribution in [0.15, 0.2) is 11.8 Å². The van der Waals surface area contributed by atoms with Crippen molar-refractivity contribution in [3.63, 3.8) is 0 Å². The van der Waals surface area contributed by atoms with Crippen molar-refractivity contribution in [1.82, 2.24) is 0 Å². The molecule has 1 saturated carbocycles. The van der Waals surface area contributed by atoms with Crippen LogP contribution in [-0.4, -0.2) is 110 Å². The van der Waals surface area contributed by atoms with E-state index in [0.29, 0.717) is 12.0 Å². The van der Waals surface area contributed by atoms with Gasteiger partial charge >= 0.3 is 5.97 Å². The quantitative estimate of drug-likeness (QED) is 0.179. The normalized spacial score (nSPS) is 43.9. The molecule has 0 radical (unpaired) electrons. The minimum Gasteiger partial charge on any atom is -0.462 e. The van der Waals surface area contributed by atoms with E-state index in [2.05, 4.69) is 0 Å². The van der Waals surface area contributed by atoms with E-state index >= 15 is 0 Å². The molecule has 2 fully saturated rings. The van der Waals surface area contributed by atoms with E-state index in [0.717, 1.165) is 0 Å². The monoisotopic (exact) mass is 478 g/mol. The third kappa shape index (κ3) is 4.90. The SMILES string of the molecule is CC[C@@H](C)C(=O)O[C@@H]1OC=C(CO[C@@H]2O[C@H](CO)[C@@H](O)[C@H](O)[C@H]2O)[C@H]2C[C@H](O)[C@](O)(CO)[C@@H]12. The van der Waals surface area contributed by atoms with Crippen LogP contribution in [0.5, 0.6) is 0 Å². The largest absolute Gasteiger partial charge is 0.462 e. The summed E-state index contributed by atoms with van der Waals surface area (Å²) in [6.45, 7) is 1.86. The molecule has 2 aliphatic heterocycles. The zero-order valence-electron chi connectivity index (χ0n) is 18.6. The van der Waals surface area contributed by atoms with Gasteiger partial charge in [0.15, 0.2) is 6.29 Å². The second kappa shape index (κ2) is 10.5. The average Bonchev–Trinajstić information content (AvgIpc) is 3.08. The van der Waals surface area contributed by atoms with Gasteiger partial charge in [0.2, 0.25) is 6.29 Å². The van der Waals surface area contributed by atoms with Crippen LogP contribution in [0.1, 0.15) is 26.7 Å². The van der Waals surface area contributed by atoms with Crippen LogP contribution >= 0.6 is 0 Å². The van der Waals surface area contributed by atoms with Gasteiger partial charge in [0.25, 0.3) is 0 Å². The van der Waals surface area contributed by atoms with Crippen molar-refractivity contribution in [2.75, 3.05) is 19.8 Å². The van der Waals surface area contributed by atoms with Gasteiger partial charge in [0.05, 0.1) is 44.0 Å². The molecule has 33 heavy (non-hydrogen) atoms. The van der Waals surface area contributed by atoms with Gasteiger partial charge in [-0.05, 0) is 18.4 Å². The highest BCUT2D eigenvalue weighted by molar-refractivity contribution is 5.72. The Morgan fingerprint density at radius 2 is 1.88 bits per heavy atom. The summed E-state index contributed by atoms with van der Waals surface area (Å²) in [6.07, 6.45) is -8.03. The maximum Gasteiger partial charge on any atom is 0.311 e. The molecule has 0 aromatic rings. The Bertz CT molecular complexity index is 713. The lowest BCUT2D eigenvalue weighted by atomic mass is 9.80. The zero-order chi connectivity index (χ0) is 24.5. The predicted octanol–water partition coefficient (Wildman–Crippen LogP) is -2.65. The van der Waals surface area contributed by atoms with Crippen LogP contribution in [0.3, 0.4) is 0 Å². The third-order valence-corrected chi connectivity index (χ3v) is 6.95. The second-order valence-corrected chi connectivity index (χ2v) is 8.98. The van der Waals surface area contributed by atoms with Gasteiger partial charge in [-0.25, -0.2) is 0 Å². The highest BCUT2D eigenvalue weighted by Gasteiger charge is 2.60. The first-order chi connectivity index (χ1) is 15.6. The van der Waals surface area contributed by atoms with Gasteiger partial charge in [-0.1, -0.05) is 13.8 Å². The molecule has 0 spiro atoms. The highest BCUT2D eigenvalue weighted by Crippen LogP contribution is 2.49. The molecule has 1 aliphatic carbocycles. The molecule has 2 heterocycles. The van der Waals surface area contributed by atoms with Crippen LogP contribution in [0.25, 0.3) is 0 Å². The van der Waals surface area contributed by atoms with Gasteiger partial charge in [-0.2, -0.15) is 0 Å². The van der Waals surface area contributed by atoms with Crippen molar-refractivity contribution in [2.24, 2.45) is 17.8 Å². The van der Waals surface area contributed by atoms with Gasteiger partial charge in [0, 0.05) is 5.92 Å². The first kappa shape index (κ1) is 26.3. The number of esters is 1. The van der Waals surface area contributed by atoms with Crippen LogP contribution < -0.4 is 0 Å². The molecule has 0 bridgehead atoms. The van der Waals surface area contributed by atoms with E-state index in [1.165, 1.54) is 6.26 Å². The molecule has 1 saturated heterocycles. The van der Waals surface area contributed by atoms with E-state index in [4.69, 9.17) is 18.9 Å². The van der Waals surface area contributed by atoms with Crippen LogP contribution in [0, 0.1) is 17.8 Å². The molecule has 11 atom stereocenters. The molecule has 12 nitrogen and oxygen atoms in total. The lowest BCUT2D eigenvalue weighted by Gasteiger charge is -2.41. The van der Waals surface area contributed by atoms with Crippen LogP contribution in [-0.2, 0) is 23.7 Å². The lowest BCUT2D eigenvalue weighted by Crippen LogP contribution is -2.59. The van der Waals surface area contributed by atoms with E-state index in [1.807, 2.05) is 6.92 Å². The van der Waals surface area contributed by atoms with Gasteiger partial charge in [0.1, 0.15) is 30.0 Å². The Labute approximate surface area is 191 Å². The Balaban J connectivity index is 1.76. The van der Waals surface area contributed by atoms with Crippen molar-refractivity contribution < 1.29 is 59.5 Å². The molecule has 12 heteroatoms. The molecule has 0 aromatic heterocycles. The summed E-state index contributed by atoms with van der Waals surface area (Å²) >= 11 is 0. The molecule has 0 aromatic carbocycles. The zero-order valence-corrected chi connectivity index (χ0v) is 18.6. The Kier molecular flexibility index (Phi) is 8.36. The predicted molar refractivity (Wildman–Crippen MR) is 108 cm³/mol. The number of carbonyl (C=O) groups excluding carboxylic acids is 1. The smallest absolute Gasteiger partial charge is 0.311 e.